The van der Waals surface area contributed by atoms with Gasteiger partial charge in [0.2, 0.25) is 5.91 Å². The molecule has 1 fully saturated rings. The molecule has 0 bridgehead atoms. The highest BCUT2D eigenvalue weighted by atomic mass is 16.5. The topological polar surface area (TPSA) is 95.9 Å². The van der Waals surface area contributed by atoms with E-state index in [-0.39, 0.29) is 30.9 Å². The highest BCUT2D eigenvalue weighted by Crippen LogP contribution is 2.20. The first-order chi connectivity index (χ1) is 8.54. The summed E-state index contributed by atoms with van der Waals surface area (Å²) in [6, 6.07) is -0.348. The largest absolute Gasteiger partial charge is 0.481 e. The van der Waals surface area contributed by atoms with Gasteiger partial charge in [0, 0.05) is 13.5 Å². The Hall–Kier alpha value is -1.14. The molecule has 6 nitrogen and oxygen atoms in total. The number of hydrogen-bond acceptors (Lipinski definition) is 4. The zero-order chi connectivity index (χ0) is 13.5. The van der Waals surface area contributed by atoms with Gasteiger partial charge in [0.1, 0.15) is 6.10 Å². The lowest BCUT2D eigenvalue weighted by molar-refractivity contribution is -0.139. The van der Waals surface area contributed by atoms with Crippen LogP contribution >= 0.6 is 0 Å². The molecular weight excluding hydrogens is 238 g/mol. The molecule has 0 aromatic carbocycles. The molecule has 18 heavy (non-hydrogen) atoms. The quantitative estimate of drug-likeness (QED) is 0.617. The predicted octanol–water partition coefficient (Wildman–Crippen LogP) is 0.286. The molecule has 0 heterocycles. The smallest absolute Gasteiger partial charge is 0.303 e. The Morgan fingerprint density at radius 1 is 1.28 bits per heavy atom. The number of hydrogen-bond donors (Lipinski definition) is 3. The molecule has 0 aromatic heterocycles. The van der Waals surface area contributed by atoms with E-state index in [4.69, 9.17) is 9.84 Å². The molecule has 104 valence electrons. The molecule has 0 aromatic rings. The Morgan fingerprint density at radius 2 is 1.94 bits per heavy atom. The van der Waals surface area contributed by atoms with Gasteiger partial charge in [-0.2, -0.15) is 0 Å². The molecule has 1 rings (SSSR count). The lowest BCUT2D eigenvalue weighted by Gasteiger charge is -2.26. The van der Waals surface area contributed by atoms with Crippen LogP contribution in [0.3, 0.4) is 0 Å². The first kappa shape index (κ1) is 14.9. The fraction of sp³-hybridized carbons (Fsp3) is 0.833. The number of carboxylic acids is 1. The van der Waals surface area contributed by atoms with Gasteiger partial charge < -0.3 is 20.3 Å². The number of carbonyl (C=O) groups excluding carboxylic acids is 1. The standard InChI is InChI=1S/C12H21NO5/c1-18-9-5-3-2-4-8(12(9)17)13-10(14)6-7-11(15)16/h8-9,12,17H,2-7H2,1H3,(H,13,14)(H,15,16)/t8-,9-,12-/m1/s1. The van der Waals surface area contributed by atoms with Crippen molar-refractivity contribution in [3.63, 3.8) is 0 Å². The molecule has 0 saturated heterocycles. The van der Waals surface area contributed by atoms with Crippen LogP contribution in [0.4, 0.5) is 0 Å². The summed E-state index contributed by atoms with van der Waals surface area (Å²) in [7, 11) is 1.54. The van der Waals surface area contributed by atoms with Crippen LogP contribution in [0.5, 0.6) is 0 Å². The van der Waals surface area contributed by atoms with Crippen LogP contribution < -0.4 is 5.32 Å². The predicted molar refractivity (Wildman–Crippen MR) is 64.1 cm³/mol. The fourth-order valence-electron chi connectivity index (χ4n) is 2.22. The minimum atomic E-state index is -0.999. The van der Waals surface area contributed by atoms with Gasteiger partial charge in [-0.05, 0) is 12.8 Å². The van der Waals surface area contributed by atoms with Crippen molar-refractivity contribution in [2.45, 2.75) is 56.8 Å². The van der Waals surface area contributed by atoms with Crippen molar-refractivity contribution in [2.24, 2.45) is 0 Å². The van der Waals surface area contributed by atoms with Gasteiger partial charge in [0.15, 0.2) is 0 Å². The van der Waals surface area contributed by atoms with Crippen molar-refractivity contribution in [1.82, 2.24) is 5.32 Å². The van der Waals surface area contributed by atoms with Gasteiger partial charge in [-0.15, -0.1) is 0 Å². The minimum Gasteiger partial charge on any atom is -0.481 e. The lowest BCUT2D eigenvalue weighted by Crippen LogP contribution is -2.48. The first-order valence-corrected chi connectivity index (χ1v) is 6.26. The van der Waals surface area contributed by atoms with Crippen molar-refractivity contribution < 1.29 is 24.5 Å². The van der Waals surface area contributed by atoms with E-state index in [0.29, 0.717) is 6.42 Å². The van der Waals surface area contributed by atoms with E-state index in [2.05, 4.69) is 5.32 Å². The maximum absolute atomic E-state index is 11.5. The second-order valence-corrected chi connectivity index (χ2v) is 4.62. The van der Waals surface area contributed by atoms with Gasteiger partial charge >= 0.3 is 5.97 Å². The average molecular weight is 259 g/mol. The van der Waals surface area contributed by atoms with Crippen molar-refractivity contribution in [3.8, 4) is 0 Å². The zero-order valence-corrected chi connectivity index (χ0v) is 10.6. The number of carboxylic acid groups (broad SMARTS) is 1. The Labute approximate surface area is 106 Å². The van der Waals surface area contributed by atoms with E-state index in [1.54, 1.807) is 7.11 Å². The molecule has 0 radical (unpaired) electrons. The number of aliphatic hydroxyl groups is 1. The number of ether oxygens (including phenoxy) is 1. The van der Waals surface area contributed by atoms with Crippen LogP contribution in [0.25, 0.3) is 0 Å². The molecule has 1 saturated carbocycles. The molecule has 6 heteroatoms. The second kappa shape index (κ2) is 7.33. The molecule has 0 unspecified atom stereocenters. The summed E-state index contributed by atoms with van der Waals surface area (Å²) in [6.45, 7) is 0. The first-order valence-electron chi connectivity index (χ1n) is 6.26. The minimum absolute atomic E-state index is 0.0593. The van der Waals surface area contributed by atoms with Gasteiger partial charge in [-0.1, -0.05) is 12.8 Å². The summed E-state index contributed by atoms with van der Waals surface area (Å²) in [6.07, 6.45) is 2.10. The van der Waals surface area contributed by atoms with E-state index < -0.39 is 12.1 Å². The molecule has 1 aliphatic carbocycles. The highest BCUT2D eigenvalue weighted by molar-refractivity contribution is 5.80. The maximum atomic E-state index is 11.5. The van der Waals surface area contributed by atoms with Crippen molar-refractivity contribution >= 4 is 11.9 Å². The van der Waals surface area contributed by atoms with Gasteiger partial charge in [-0.3, -0.25) is 9.59 Å². The molecule has 0 spiro atoms. The Bertz CT molecular complexity index is 294. The summed E-state index contributed by atoms with van der Waals surface area (Å²) in [5.74, 6) is -1.33. The lowest BCUT2D eigenvalue weighted by atomic mass is 10.0. The Kier molecular flexibility index (Phi) is 6.07. The van der Waals surface area contributed by atoms with Crippen molar-refractivity contribution in [3.05, 3.63) is 0 Å². The summed E-state index contributed by atoms with van der Waals surface area (Å²) < 4.78 is 5.20. The third-order valence-corrected chi connectivity index (χ3v) is 3.26. The number of aliphatic hydroxyl groups excluding tert-OH is 1. The Morgan fingerprint density at radius 3 is 2.56 bits per heavy atom. The van der Waals surface area contributed by atoms with Crippen molar-refractivity contribution in [1.29, 1.82) is 0 Å². The number of rotatable bonds is 5. The fourth-order valence-corrected chi connectivity index (χ4v) is 2.22. The van der Waals surface area contributed by atoms with Gasteiger partial charge in [0.05, 0.1) is 18.6 Å². The monoisotopic (exact) mass is 259 g/mol. The number of aliphatic carboxylic acids is 1. The molecule has 3 N–H and O–H groups in total. The number of amides is 1. The van der Waals surface area contributed by atoms with Crippen LogP contribution in [-0.2, 0) is 14.3 Å². The van der Waals surface area contributed by atoms with Crippen molar-refractivity contribution in [2.75, 3.05) is 7.11 Å². The molecular formula is C12H21NO5. The second-order valence-electron chi connectivity index (χ2n) is 4.62. The number of methoxy groups -OCH3 is 1. The average Bonchev–Trinajstić information content (AvgIpc) is 2.50. The van der Waals surface area contributed by atoms with E-state index in [9.17, 15) is 14.7 Å². The number of carbonyl (C=O) groups is 2. The van der Waals surface area contributed by atoms with Crippen LogP contribution in [-0.4, -0.2) is 47.4 Å². The third-order valence-electron chi connectivity index (χ3n) is 3.26. The summed E-state index contributed by atoms with van der Waals surface area (Å²) in [5.41, 5.74) is 0. The van der Waals surface area contributed by atoms with E-state index in [1.165, 1.54) is 0 Å². The molecule has 3 atom stereocenters. The molecule has 1 aliphatic rings. The molecule has 1 amide bonds. The summed E-state index contributed by atoms with van der Waals surface area (Å²) in [4.78, 5) is 21.9. The van der Waals surface area contributed by atoms with Gasteiger partial charge in [0.25, 0.3) is 0 Å². The van der Waals surface area contributed by atoms with Crippen LogP contribution in [0.1, 0.15) is 38.5 Å². The summed E-state index contributed by atoms with van der Waals surface area (Å²) >= 11 is 0. The van der Waals surface area contributed by atoms with Crippen LogP contribution in [0.15, 0.2) is 0 Å². The van der Waals surface area contributed by atoms with Crippen LogP contribution in [0, 0.1) is 0 Å². The number of nitrogens with one attached hydrogen (secondary N) is 1. The molecule has 0 aliphatic heterocycles. The van der Waals surface area contributed by atoms with E-state index >= 15 is 0 Å². The highest BCUT2D eigenvalue weighted by Gasteiger charge is 2.30. The zero-order valence-electron chi connectivity index (χ0n) is 10.6. The summed E-state index contributed by atoms with van der Waals surface area (Å²) in [5, 5.41) is 21.3. The normalized spacial score (nSPS) is 28.4. The Balaban J connectivity index is 2.47. The SMILES string of the molecule is CO[C@@H]1CCCC[C@@H](NC(=O)CCC(=O)O)[C@H]1O. The van der Waals surface area contributed by atoms with Crippen LogP contribution in [0.2, 0.25) is 0 Å². The van der Waals surface area contributed by atoms with Gasteiger partial charge in [-0.25, -0.2) is 0 Å². The maximum Gasteiger partial charge on any atom is 0.303 e. The van der Waals surface area contributed by atoms with E-state index in [1.807, 2.05) is 0 Å². The van der Waals surface area contributed by atoms with E-state index in [0.717, 1.165) is 19.3 Å². The third kappa shape index (κ3) is 4.62.